The minimum atomic E-state index is -0.318. The van der Waals surface area contributed by atoms with E-state index >= 15 is 0 Å². The highest BCUT2D eigenvalue weighted by atomic mass is 19.1. The fourth-order valence-electron chi connectivity index (χ4n) is 2.79. The molecule has 0 spiro atoms. The van der Waals surface area contributed by atoms with Gasteiger partial charge in [-0.15, -0.1) is 0 Å². The van der Waals surface area contributed by atoms with Crippen LogP contribution in [0.25, 0.3) is 0 Å². The Labute approximate surface area is 135 Å². The number of halogens is 1. The van der Waals surface area contributed by atoms with Gasteiger partial charge in [0.25, 0.3) is 0 Å². The molecule has 0 unspecified atom stereocenters. The molecular formula is C16H21FN6. The van der Waals surface area contributed by atoms with Crippen molar-refractivity contribution in [2.24, 2.45) is 0 Å². The second-order valence-corrected chi connectivity index (χ2v) is 6.25. The lowest BCUT2D eigenvalue weighted by Crippen LogP contribution is -2.59. The van der Waals surface area contributed by atoms with Crippen LogP contribution in [0, 0.1) is 12.7 Å². The van der Waals surface area contributed by atoms with Crippen molar-refractivity contribution in [1.29, 1.82) is 0 Å². The summed E-state index contributed by atoms with van der Waals surface area (Å²) >= 11 is 0. The van der Waals surface area contributed by atoms with Gasteiger partial charge in [0.1, 0.15) is 18.5 Å². The van der Waals surface area contributed by atoms with Crippen molar-refractivity contribution in [3.05, 3.63) is 35.9 Å². The van der Waals surface area contributed by atoms with Gasteiger partial charge in [0.05, 0.1) is 11.7 Å². The summed E-state index contributed by atoms with van der Waals surface area (Å²) < 4.78 is 14.6. The summed E-state index contributed by atoms with van der Waals surface area (Å²) in [7, 11) is 1.88. The van der Waals surface area contributed by atoms with Gasteiger partial charge >= 0.3 is 0 Å². The molecule has 0 aromatic carbocycles. The van der Waals surface area contributed by atoms with E-state index in [2.05, 4.69) is 24.8 Å². The molecule has 122 valence electrons. The van der Waals surface area contributed by atoms with E-state index in [0.29, 0.717) is 11.5 Å². The van der Waals surface area contributed by atoms with Gasteiger partial charge in [0.2, 0.25) is 0 Å². The van der Waals surface area contributed by atoms with Crippen molar-refractivity contribution in [2.75, 3.05) is 29.9 Å². The van der Waals surface area contributed by atoms with Gasteiger partial charge in [-0.05, 0) is 12.8 Å². The summed E-state index contributed by atoms with van der Waals surface area (Å²) in [5.74, 6) is 1.02. The number of nitrogens with zero attached hydrogens (tertiary/aromatic N) is 6. The fraction of sp³-hybridized carbons (Fsp3) is 0.500. The molecule has 0 radical (unpaired) electrons. The Bertz CT molecular complexity index is 699. The lowest BCUT2D eigenvalue weighted by molar-refractivity contribution is 0.476. The number of likely N-dealkylation sites (N-methyl/N-ethyl adjacent to an activating group) is 1. The lowest BCUT2D eigenvalue weighted by Gasteiger charge is -2.45. The summed E-state index contributed by atoms with van der Waals surface area (Å²) in [5, 5.41) is 0. The highest BCUT2D eigenvalue weighted by molar-refractivity contribution is 5.51. The topological polar surface area (TPSA) is 58.0 Å². The summed E-state index contributed by atoms with van der Waals surface area (Å²) in [6, 6.07) is 0.203. The molecule has 0 bridgehead atoms. The summed E-state index contributed by atoms with van der Waals surface area (Å²) in [4.78, 5) is 20.6. The molecule has 0 aliphatic carbocycles. The maximum Gasteiger partial charge on any atom is 0.187 e. The smallest absolute Gasteiger partial charge is 0.187 e. The van der Waals surface area contributed by atoms with Gasteiger partial charge < -0.3 is 9.80 Å². The van der Waals surface area contributed by atoms with Crippen LogP contribution >= 0.6 is 0 Å². The third-order valence-corrected chi connectivity index (χ3v) is 4.26. The Kier molecular flexibility index (Phi) is 4.11. The standard InChI is InChI=1S/C16H21FN6/c1-10(2)14-13(17)16(21-9-19-14)22(4)12-6-23(7-12)15-11(3)5-18-8-20-15/h5,8-10,12H,6-7H2,1-4H3. The molecule has 6 nitrogen and oxygen atoms in total. The van der Waals surface area contributed by atoms with Crippen LogP contribution in [0.5, 0.6) is 0 Å². The first kappa shape index (κ1) is 15.6. The maximum absolute atomic E-state index is 14.6. The van der Waals surface area contributed by atoms with Gasteiger partial charge in [-0.3, -0.25) is 0 Å². The van der Waals surface area contributed by atoms with Gasteiger partial charge in [-0.2, -0.15) is 0 Å². The van der Waals surface area contributed by atoms with E-state index in [-0.39, 0.29) is 17.8 Å². The highest BCUT2D eigenvalue weighted by Crippen LogP contribution is 2.28. The molecular weight excluding hydrogens is 295 g/mol. The predicted molar refractivity (Wildman–Crippen MR) is 87.3 cm³/mol. The predicted octanol–water partition coefficient (Wildman–Crippen LogP) is 2.16. The Morgan fingerprint density at radius 1 is 1.22 bits per heavy atom. The summed E-state index contributed by atoms with van der Waals surface area (Å²) in [6.45, 7) is 7.42. The molecule has 7 heteroatoms. The lowest BCUT2D eigenvalue weighted by atomic mass is 10.1. The van der Waals surface area contributed by atoms with E-state index < -0.39 is 0 Å². The number of aromatic nitrogens is 4. The third kappa shape index (κ3) is 2.83. The monoisotopic (exact) mass is 316 g/mol. The van der Waals surface area contributed by atoms with Crippen LogP contribution in [0.3, 0.4) is 0 Å². The number of rotatable bonds is 4. The molecule has 0 saturated carbocycles. The van der Waals surface area contributed by atoms with Crippen LogP contribution < -0.4 is 9.80 Å². The molecule has 0 atom stereocenters. The SMILES string of the molecule is Cc1cncnc1N1CC(N(C)c2ncnc(C(C)C)c2F)C1. The fourth-order valence-corrected chi connectivity index (χ4v) is 2.79. The van der Waals surface area contributed by atoms with E-state index in [1.807, 2.05) is 32.7 Å². The van der Waals surface area contributed by atoms with Crippen LogP contribution in [-0.2, 0) is 0 Å². The zero-order chi connectivity index (χ0) is 16.6. The van der Waals surface area contributed by atoms with Crippen LogP contribution in [-0.4, -0.2) is 46.1 Å². The first-order valence-corrected chi connectivity index (χ1v) is 7.73. The summed E-state index contributed by atoms with van der Waals surface area (Å²) in [6.07, 6.45) is 4.80. The third-order valence-electron chi connectivity index (χ3n) is 4.26. The Morgan fingerprint density at radius 3 is 2.61 bits per heavy atom. The van der Waals surface area contributed by atoms with Gasteiger partial charge in [0.15, 0.2) is 11.6 Å². The molecule has 0 amide bonds. The molecule has 2 aromatic heterocycles. The normalized spacial score (nSPS) is 15.0. The van der Waals surface area contributed by atoms with Crippen LogP contribution in [0.2, 0.25) is 0 Å². The van der Waals surface area contributed by atoms with Crippen molar-refractivity contribution in [3.8, 4) is 0 Å². The second kappa shape index (κ2) is 6.06. The highest BCUT2D eigenvalue weighted by Gasteiger charge is 2.33. The zero-order valence-corrected chi connectivity index (χ0v) is 13.9. The second-order valence-electron chi connectivity index (χ2n) is 6.25. The van der Waals surface area contributed by atoms with E-state index in [1.54, 1.807) is 12.5 Å². The first-order chi connectivity index (χ1) is 11.0. The molecule has 1 aliphatic rings. The van der Waals surface area contributed by atoms with Crippen molar-refractivity contribution < 1.29 is 4.39 Å². The molecule has 0 N–H and O–H groups in total. The Balaban J connectivity index is 1.73. The van der Waals surface area contributed by atoms with Crippen LogP contribution in [0.4, 0.5) is 16.0 Å². The number of hydrogen-bond donors (Lipinski definition) is 0. The van der Waals surface area contributed by atoms with Gasteiger partial charge in [0, 0.05) is 31.9 Å². The van der Waals surface area contributed by atoms with Gasteiger partial charge in [-0.25, -0.2) is 24.3 Å². The van der Waals surface area contributed by atoms with E-state index in [1.165, 1.54) is 6.33 Å². The molecule has 1 aliphatic heterocycles. The van der Waals surface area contributed by atoms with E-state index in [4.69, 9.17) is 0 Å². The average Bonchev–Trinajstić information content (AvgIpc) is 2.47. The molecule has 1 saturated heterocycles. The van der Waals surface area contributed by atoms with Crippen molar-refractivity contribution >= 4 is 11.6 Å². The van der Waals surface area contributed by atoms with Gasteiger partial charge in [-0.1, -0.05) is 13.8 Å². The Morgan fingerprint density at radius 2 is 1.96 bits per heavy atom. The molecule has 23 heavy (non-hydrogen) atoms. The Hall–Kier alpha value is -2.31. The summed E-state index contributed by atoms with van der Waals surface area (Å²) in [5.41, 5.74) is 1.51. The van der Waals surface area contributed by atoms with Crippen LogP contribution in [0.15, 0.2) is 18.9 Å². The molecule has 3 heterocycles. The van der Waals surface area contributed by atoms with Crippen molar-refractivity contribution in [2.45, 2.75) is 32.7 Å². The largest absolute Gasteiger partial charge is 0.352 e. The minimum absolute atomic E-state index is 0.0340. The van der Waals surface area contributed by atoms with Crippen molar-refractivity contribution in [1.82, 2.24) is 19.9 Å². The van der Waals surface area contributed by atoms with Crippen molar-refractivity contribution in [3.63, 3.8) is 0 Å². The quantitative estimate of drug-likeness (QED) is 0.861. The molecule has 2 aromatic rings. The number of aryl methyl sites for hydroxylation is 1. The van der Waals surface area contributed by atoms with E-state index in [9.17, 15) is 4.39 Å². The average molecular weight is 316 g/mol. The maximum atomic E-state index is 14.6. The van der Waals surface area contributed by atoms with Crippen LogP contribution in [0.1, 0.15) is 31.0 Å². The van der Waals surface area contributed by atoms with E-state index in [0.717, 1.165) is 24.5 Å². The number of hydrogen-bond acceptors (Lipinski definition) is 6. The first-order valence-electron chi connectivity index (χ1n) is 7.73. The zero-order valence-electron chi connectivity index (χ0n) is 13.9. The minimum Gasteiger partial charge on any atom is -0.352 e. The molecule has 3 rings (SSSR count). The molecule has 1 fully saturated rings. The number of anilines is 2.